The van der Waals surface area contributed by atoms with E-state index >= 15 is 0 Å². The summed E-state index contributed by atoms with van der Waals surface area (Å²) in [5.41, 5.74) is 1.22. The fourth-order valence-electron chi connectivity index (χ4n) is 3.11. The summed E-state index contributed by atoms with van der Waals surface area (Å²) in [6, 6.07) is 15.9. The average molecular weight is 405 g/mol. The molecule has 5 nitrogen and oxygen atoms in total. The van der Waals surface area contributed by atoms with Crippen LogP contribution in [0, 0.1) is 6.92 Å². The van der Waals surface area contributed by atoms with Gasteiger partial charge in [-0.15, -0.1) is 11.8 Å². The van der Waals surface area contributed by atoms with Crippen molar-refractivity contribution in [1.82, 2.24) is 9.62 Å². The second kappa shape index (κ2) is 8.91. The largest absolute Gasteiger partial charge is 0.354 e. The molecule has 0 bridgehead atoms. The normalized spacial score (nSPS) is 17.7. The Morgan fingerprint density at radius 3 is 2.56 bits per heavy atom. The van der Waals surface area contributed by atoms with E-state index in [0.717, 1.165) is 10.6 Å². The zero-order chi connectivity index (χ0) is 19.3. The zero-order valence-electron chi connectivity index (χ0n) is 15.3. The minimum Gasteiger partial charge on any atom is -0.354 e. The van der Waals surface area contributed by atoms with Crippen molar-refractivity contribution in [3.05, 3.63) is 60.2 Å². The Hall–Kier alpha value is -1.83. The first-order chi connectivity index (χ1) is 13.0. The highest BCUT2D eigenvalue weighted by Gasteiger charge is 2.39. The highest BCUT2D eigenvalue weighted by molar-refractivity contribution is 7.99. The molecule has 3 rings (SSSR count). The third kappa shape index (κ3) is 4.91. The van der Waals surface area contributed by atoms with Gasteiger partial charge in [0.05, 0.1) is 4.90 Å². The smallest absolute Gasteiger partial charge is 0.243 e. The van der Waals surface area contributed by atoms with Crippen LogP contribution in [-0.2, 0) is 14.8 Å². The van der Waals surface area contributed by atoms with Gasteiger partial charge in [-0.3, -0.25) is 4.79 Å². The van der Waals surface area contributed by atoms with Gasteiger partial charge in [-0.1, -0.05) is 35.9 Å². The summed E-state index contributed by atoms with van der Waals surface area (Å²) in [5.74, 6) is 0.531. The van der Waals surface area contributed by atoms with E-state index in [9.17, 15) is 13.2 Å². The Bertz CT molecular complexity index is 868. The number of amides is 1. The predicted octanol–water partition coefficient (Wildman–Crippen LogP) is 3.06. The van der Waals surface area contributed by atoms with Crippen molar-refractivity contribution >= 4 is 27.7 Å². The number of thioether (sulfide) groups is 1. The molecule has 1 fully saturated rings. The first kappa shape index (κ1) is 19.9. The molecule has 1 N–H and O–H groups in total. The van der Waals surface area contributed by atoms with Crippen molar-refractivity contribution in [2.45, 2.75) is 35.6 Å². The third-order valence-electron chi connectivity index (χ3n) is 4.55. The van der Waals surface area contributed by atoms with E-state index in [2.05, 4.69) is 29.6 Å². The number of rotatable bonds is 7. The lowest BCUT2D eigenvalue weighted by atomic mass is 10.2. The number of aryl methyl sites for hydroxylation is 1. The first-order valence-electron chi connectivity index (χ1n) is 9.02. The fourth-order valence-corrected chi connectivity index (χ4v) is 5.56. The number of carbonyl (C=O) groups is 1. The Kier molecular flexibility index (Phi) is 6.57. The van der Waals surface area contributed by atoms with Crippen molar-refractivity contribution in [2.75, 3.05) is 18.8 Å². The zero-order valence-corrected chi connectivity index (χ0v) is 16.9. The van der Waals surface area contributed by atoms with Crippen LogP contribution in [-0.4, -0.2) is 43.5 Å². The number of hydrogen-bond acceptors (Lipinski definition) is 4. The van der Waals surface area contributed by atoms with Gasteiger partial charge >= 0.3 is 0 Å². The number of hydrogen-bond donors (Lipinski definition) is 1. The Morgan fingerprint density at radius 1 is 1.15 bits per heavy atom. The molecule has 27 heavy (non-hydrogen) atoms. The molecular formula is C20H24N2O3S2. The van der Waals surface area contributed by atoms with Crippen LogP contribution in [0.2, 0.25) is 0 Å². The minimum atomic E-state index is -3.64. The van der Waals surface area contributed by atoms with E-state index in [0.29, 0.717) is 25.9 Å². The van der Waals surface area contributed by atoms with Crippen molar-refractivity contribution in [3.63, 3.8) is 0 Å². The average Bonchev–Trinajstić information content (AvgIpc) is 3.18. The predicted molar refractivity (Wildman–Crippen MR) is 108 cm³/mol. The molecule has 144 valence electrons. The van der Waals surface area contributed by atoms with Gasteiger partial charge in [0.1, 0.15) is 6.04 Å². The number of benzene rings is 2. The number of carbonyl (C=O) groups excluding carboxylic acids is 1. The standard InChI is InChI=1S/C20H24N2O3S2/c1-16-9-11-17(12-10-16)26-15-13-21-20(23)19-8-5-14-22(19)27(24,25)18-6-3-2-4-7-18/h2-4,6-7,9-12,19H,5,8,13-15H2,1H3,(H,21,23)/t19-/m1/s1. The van der Waals surface area contributed by atoms with Crippen LogP contribution in [0.25, 0.3) is 0 Å². The summed E-state index contributed by atoms with van der Waals surface area (Å²) in [4.78, 5) is 14.0. The van der Waals surface area contributed by atoms with Crippen molar-refractivity contribution in [1.29, 1.82) is 0 Å². The SMILES string of the molecule is Cc1ccc(SCCNC(=O)[C@H]2CCCN2S(=O)(=O)c2ccccc2)cc1. The molecule has 0 aliphatic carbocycles. The molecule has 0 saturated carbocycles. The molecule has 0 radical (unpaired) electrons. The van der Waals surface area contributed by atoms with Crippen LogP contribution in [0.15, 0.2) is 64.4 Å². The molecule has 2 aromatic carbocycles. The summed E-state index contributed by atoms with van der Waals surface area (Å²) in [7, 11) is -3.64. The molecule has 1 aliphatic rings. The van der Waals surface area contributed by atoms with Crippen LogP contribution >= 0.6 is 11.8 Å². The lowest BCUT2D eigenvalue weighted by Crippen LogP contribution is -2.46. The summed E-state index contributed by atoms with van der Waals surface area (Å²) >= 11 is 1.67. The van der Waals surface area contributed by atoms with Crippen LogP contribution in [0.4, 0.5) is 0 Å². The second-order valence-corrected chi connectivity index (χ2v) is 9.60. The summed E-state index contributed by atoms with van der Waals surface area (Å²) < 4.78 is 27.0. The van der Waals surface area contributed by atoms with Crippen molar-refractivity contribution in [2.24, 2.45) is 0 Å². The molecule has 1 amide bonds. The van der Waals surface area contributed by atoms with Gasteiger partial charge in [-0.25, -0.2) is 8.42 Å². The summed E-state index contributed by atoms with van der Waals surface area (Å²) in [6.07, 6.45) is 1.26. The number of nitrogens with one attached hydrogen (secondary N) is 1. The molecule has 0 aromatic heterocycles. The van der Waals surface area contributed by atoms with Crippen molar-refractivity contribution < 1.29 is 13.2 Å². The molecular weight excluding hydrogens is 380 g/mol. The maximum atomic E-state index is 12.8. The van der Waals surface area contributed by atoms with Crippen LogP contribution in [0.5, 0.6) is 0 Å². The molecule has 1 saturated heterocycles. The Balaban J connectivity index is 1.55. The minimum absolute atomic E-state index is 0.212. The van der Waals surface area contributed by atoms with Crippen LogP contribution in [0.1, 0.15) is 18.4 Å². The van der Waals surface area contributed by atoms with Gasteiger partial charge in [0.15, 0.2) is 0 Å². The topological polar surface area (TPSA) is 66.5 Å². The fraction of sp³-hybridized carbons (Fsp3) is 0.350. The van der Waals surface area contributed by atoms with Gasteiger partial charge < -0.3 is 5.32 Å². The Morgan fingerprint density at radius 2 is 1.85 bits per heavy atom. The quantitative estimate of drug-likeness (QED) is 0.569. The van der Waals surface area contributed by atoms with E-state index in [1.165, 1.54) is 9.87 Å². The maximum Gasteiger partial charge on any atom is 0.243 e. The lowest BCUT2D eigenvalue weighted by Gasteiger charge is -2.23. The van der Waals surface area contributed by atoms with Crippen LogP contribution < -0.4 is 5.32 Å². The lowest BCUT2D eigenvalue weighted by molar-refractivity contribution is -0.124. The highest BCUT2D eigenvalue weighted by Crippen LogP contribution is 2.26. The van der Waals surface area contributed by atoms with Gasteiger partial charge in [-0.2, -0.15) is 4.31 Å². The third-order valence-corrected chi connectivity index (χ3v) is 7.48. The Labute approximate surface area is 165 Å². The second-order valence-electron chi connectivity index (χ2n) is 6.54. The summed E-state index contributed by atoms with van der Waals surface area (Å²) in [5, 5.41) is 2.89. The number of nitrogens with zero attached hydrogens (tertiary/aromatic N) is 1. The van der Waals surface area contributed by atoms with Gasteiger partial charge in [0.2, 0.25) is 15.9 Å². The van der Waals surface area contributed by atoms with Gasteiger partial charge in [-0.05, 0) is 44.0 Å². The monoisotopic (exact) mass is 404 g/mol. The van der Waals surface area contributed by atoms with E-state index in [-0.39, 0.29) is 10.8 Å². The van der Waals surface area contributed by atoms with Crippen molar-refractivity contribution in [3.8, 4) is 0 Å². The van der Waals surface area contributed by atoms with Gasteiger partial charge in [0, 0.05) is 23.7 Å². The maximum absolute atomic E-state index is 12.8. The molecule has 7 heteroatoms. The van der Waals surface area contributed by atoms with Gasteiger partial charge in [0.25, 0.3) is 0 Å². The van der Waals surface area contributed by atoms with E-state index in [1.807, 2.05) is 6.92 Å². The number of sulfonamides is 1. The summed E-state index contributed by atoms with van der Waals surface area (Å²) in [6.45, 7) is 2.94. The molecule has 0 unspecified atom stereocenters. The molecule has 1 atom stereocenters. The molecule has 1 aliphatic heterocycles. The molecule has 0 spiro atoms. The van der Waals surface area contributed by atoms with E-state index in [4.69, 9.17) is 0 Å². The molecule has 1 heterocycles. The highest BCUT2D eigenvalue weighted by atomic mass is 32.2. The van der Waals surface area contributed by atoms with Crippen LogP contribution in [0.3, 0.4) is 0 Å². The van der Waals surface area contributed by atoms with E-state index in [1.54, 1.807) is 42.1 Å². The van der Waals surface area contributed by atoms with E-state index < -0.39 is 16.1 Å². The first-order valence-corrected chi connectivity index (χ1v) is 11.4. The molecule has 2 aromatic rings.